The fourth-order valence-electron chi connectivity index (χ4n) is 4.32. The van der Waals surface area contributed by atoms with E-state index >= 15 is 0 Å². The third kappa shape index (κ3) is 2.97. The number of hydrogen-bond donors (Lipinski definition) is 0. The molecule has 8 nitrogen and oxygen atoms in total. The van der Waals surface area contributed by atoms with Gasteiger partial charge >= 0.3 is 0 Å². The second-order valence-electron chi connectivity index (χ2n) is 8.51. The van der Waals surface area contributed by atoms with Gasteiger partial charge in [-0.3, -0.25) is 33.8 Å². The molecule has 0 unspecified atom stereocenters. The number of imide groups is 2. The Morgan fingerprint density at radius 3 is 1.33 bits per heavy atom. The number of benzene rings is 2. The van der Waals surface area contributed by atoms with Gasteiger partial charge in [0.25, 0.3) is 23.6 Å². The van der Waals surface area contributed by atoms with Crippen molar-refractivity contribution in [1.29, 1.82) is 0 Å². The summed E-state index contributed by atoms with van der Waals surface area (Å²) in [5.74, 6) is -1.52. The maximum absolute atomic E-state index is 12.1. The summed E-state index contributed by atoms with van der Waals surface area (Å²) in [5, 5.41) is -0.632. The lowest BCUT2D eigenvalue weighted by molar-refractivity contribution is -0.116. The summed E-state index contributed by atoms with van der Waals surface area (Å²) in [6.07, 6.45) is 2.81. The number of fused-ring (bicyclic) bond motifs is 2. The molecule has 33 heavy (non-hydrogen) atoms. The molecule has 2 fully saturated rings. The van der Waals surface area contributed by atoms with Crippen molar-refractivity contribution in [2.75, 3.05) is 0 Å². The van der Waals surface area contributed by atoms with Gasteiger partial charge in [0.2, 0.25) is 5.24 Å². The van der Waals surface area contributed by atoms with Gasteiger partial charge in [0.05, 0.1) is 22.3 Å². The molecule has 0 atom stereocenters. The summed E-state index contributed by atoms with van der Waals surface area (Å²) in [5.41, 5.74) is -0.438. The zero-order valence-corrected chi connectivity index (χ0v) is 18.0. The third-order valence-electron chi connectivity index (χ3n) is 6.53. The molecule has 0 aromatic heterocycles. The molecule has 0 N–H and O–H groups in total. The van der Waals surface area contributed by atoms with Gasteiger partial charge in [-0.05, 0) is 61.5 Å². The number of aldehydes is 1. The molecule has 4 amide bonds. The Bertz CT molecular complexity index is 1210. The smallest absolute Gasteiger partial charge is 0.262 e. The number of carbonyl (C=O) groups excluding carboxylic acids is 6. The van der Waals surface area contributed by atoms with Crippen molar-refractivity contribution in [3.8, 4) is 0 Å². The van der Waals surface area contributed by atoms with Crippen LogP contribution in [0.3, 0.4) is 0 Å². The zero-order valence-electron chi connectivity index (χ0n) is 17.2. The van der Waals surface area contributed by atoms with Crippen LogP contribution in [0.1, 0.15) is 67.1 Å². The van der Waals surface area contributed by atoms with Gasteiger partial charge in [-0.2, -0.15) is 0 Å². The van der Waals surface area contributed by atoms with Crippen LogP contribution in [0.25, 0.3) is 0 Å². The minimum atomic E-state index is -1.09. The van der Waals surface area contributed by atoms with Gasteiger partial charge in [-0.15, -0.1) is 0 Å². The van der Waals surface area contributed by atoms with Crippen LogP contribution in [0, 0.1) is 0 Å². The minimum absolute atomic E-state index is 0.342. The van der Waals surface area contributed by atoms with E-state index < -0.39 is 28.1 Å². The van der Waals surface area contributed by atoms with Crippen molar-refractivity contribution in [3.05, 3.63) is 70.8 Å². The molecule has 2 saturated carbocycles. The molecule has 0 bridgehead atoms. The highest BCUT2D eigenvalue weighted by Gasteiger charge is 2.61. The quantitative estimate of drug-likeness (QED) is 0.391. The average Bonchev–Trinajstić information content (AvgIpc) is 3.74. The van der Waals surface area contributed by atoms with Crippen molar-refractivity contribution in [2.45, 2.75) is 36.8 Å². The van der Waals surface area contributed by atoms with Crippen LogP contribution < -0.4 is 0 Å². The number of carbonyl (C=O) groups is 6. The van der Waals surface area contributed by atoms with Gasteiger partial charge < -0.3 is 4.79 Å². The predicted molar refractivity (Wildman–Crippen MR) is 115 cm³/mol. The maximum atomic E-state index is 12.1. The van der Waals surface area contributed by atoms with Gasteiger partial charge in [0, 0.05) is 0 Å². The van der Waals surface area contributed by atoms with E-state index in [1.54, 1.807) is 48.5 Å². The predicted octanol–water partition coefficient (Wildman–Crippen LogP) is 2.59. The van der Waals surface area contributed by atoms with Gasteiger partial charge in [0.15, 0.2) is 0 Å². The fraction of sp³-hybridized carbons (Fsp3) is 0.250. The second kappa shape index (κ2) is 7.18. The molecule has 6 rings (SSSR count). The second-order valence-corrected chi connectivity index (χ2v) is 8.85. The van der Waals surface area contributed by atoms with E-state index in [1.165, 1.54) is 0 Å². The molecule has 2 heterocycles. The summed E-state index contributed by atoms with van der Waals surface area (Å²) < 4.78 is 0. The molecule has 0 spiro atoms. The van der Waals surface area contributed by atoms with Crippen LogP contribution in [0.5, 0.6) is 0 Å². The SMILES string of the molecule is O=C1c2ccccc2C(=O)N1C1(C(=O)Cl)CC1.O=CC1(N2C(=O)c3ccccc3C2=O)CC1. The zero-order chi connectivity index (χ0) is 23.5. The van der Waals surface area contributed by atoms with Crippen molar-refractivity contribution >= 4 is 46.8 Å². The molecular formula is C24H17ClN2O6. The summed E-state index contributed by atoms with van der Waals surface area (Å²) in [6, 6.07) is 13.2. The van der Waals surface area contributed by atoms with Crippen molar-refractivity contribution in [2.24, 2.45) is 0 Å². The molecule has 2 aromatic carbocycles. The minimum Gasteiger partial charge on any atom is -0.301 e. The first-order chi connectivity index (χ1) is 15.8. The average molecular weight is 465 g/mol. The first kappa shape index (κ1) is 21.2. The number of halogens is 1. The summed E-state index contributed by atoms with van der Waals surface area (Å²) >= 11 is 5.50. The highest BCUT2D eigenvalue weighted by atomic mass is 35.5. The monoisotopic (exact) mass is 464 g/mol. The van der Waals surface area contributed by atoms with Crippen LogP contribution in [-0.2, 0) is 9.59 Å². The normalized spacial score (nSPS) is 20.6. The Hall–Kier alpha value is -3.65. The van der Waals surface area contributed by atoms with E-state index in [1.807, 2.05) is 0 Å². The van der Waals surface area contributed by atoms with E-state index in [4.69, 9.17) is 11.6 Å². The lowest BCUT2D eigenvalue weighted by Gasteiger charge is -2.21. The molecule has 166 valence electrons. The van der Waals surface area contributed by atoms with Crippen molar-refractivity contribution in [1.82, 2.24) is 9.80 Å². The van der Waals surface area contributed by atoms with Crippen molar-refractivity contribution < 1.29 is 28.8 Å². The third-order valence-corrected chi connectivity index (χ3v) is 6.88. The summed E-state index contributed by atoms with van der Waals surface area (Å²) in [6.45, 7) is 0. The lowest BCUT2D eigenvalue weighted by Crippen LogP contribution is -2.45. The highest BCUT2D eigenvalue weighted by molar-refractivity contribution is 6.66. The summed E-state index contributed by atoms with van der Waals surface area (Å²) in [4.78, 5) is 72.7. The molecule has 4 aliphatic rings. The van der Waals surface area contributed by atoms with Crippen LogP contribution >= 0.6 is 11.6 Å². The number of hydrogen-bond acceptors (Lipinski definition) is 6. The Kier molecular flexibility index (Phi) is 4.61. The number of nitrogens with zero attached hydrogens (tertiary/aromatic N) is 2. The number of amides is 4. The Balaban J connectivity index is 0.000000139. The highest BCUT2D eigenvalue weighted by Crippen LogP contribution is 2.47. The van der Waals surface area contributed by atoms with E-state index in [9.17, 15) is 28.8 Å². The maximum Gasteiger partial charge on any atom is 0.262 e. The van der Waals surface area contributed by atoms with E-state index in [0.29, 0.717) is 54.2 Å². The molecule has 2 aromatic rings. The summed E-state index contributed by atoms with van der Waals surface area (Å²) in [7, 11) is 0. The van der Waals surface area contributed by atoms with Crippen molar-refractivity contribution in [3.63, 3.8) is 0 Å². The number of rotatable bonds is 4. The topological polar surface area (TPSA) is 109 Å². The molecule has 0 saturated heterocycles. The Morgan fingerprint density at radius 1 is 0.697 bits per heavy atom. The molecule has 2 aliphatic carbocycles. The Morgan fingerprint density at radius 2 is 1.06 bits per heavy atom. The van der Waals surface area contributed by atoms with Crippen LogP contribution in [0.2, 0.25) is 0 Å². The van der Waals surface area contributed by atoms with Gasteiger partial charge in [-0.25, -0.2) is 0 Å². The molecule has 0 radical (unpaired) electrons. The van der Waals surface area contributed by atoms with E-state index in [0.717, 1.165) is 9.80 Å². The van der Waals surface area contributed by atoms with Gasteiger partial charge in [0.1, 0.15) is 17.4 Å². The van der Waals surface area contributed by atoms with Crippen LogP contribution in [-0.4, -0.2) is 56.0 Å². The first-order valence-corrected chi connectivity index (χ1v) is 10.8. The molecule has 9 heteroatoms. The van der Waals surface area contributed by atoms with Gasteiger partial charge in [-0.1, -0.05) is 24.3 Å². The largest absolute Gasteiger partial charge is 0.301 e. The fourth-order valence-corrected chi connectivity index (χ4v) is 4.59. The molecule has 2 aliphatic heterocycles. The lowest BCUT2D eigenvalue weighted by atomic mass is 10.1. The van der Waals surface area contributed by atoms with E-state index in [2.05, 4.69) is 0 Å². The first-order valence-electron chi connectivity index (χ1n) is 10.4. The van der Waals surface area contributed by atoms with Crippen LogP contribution in [0.15, 0.2) is 48.5 Å². The Labute approximate surface area is 193 Å². The van der Waals surface area contributed by atoms with E-state index in [-0.39, 0.29) is 11.8 Å². The molecular weight excluding hydrogens is 448 g/mol. The van der Waals surface area contributed by atoms with Crippen LogP contribution in [0.4, 0.5) is 0 Å². The standard InChI is InChI=1S/C12H8ClNO3.C12H9NO3/c13-11(17)12(5-6-12)14-9(15)7-3-1-2-4-8(7)10(14)16;14-7-12(5-6-12)13-10(15)8-3-1-2-4-9(8)11(13)16/h1-4H,5-6H2;1-4,7H,5-6H2.